The van der Waals surface area contributed by atoms with Gasteiger partial charge in [-0.25, -0.2) is 4.99 Å². The fourth-order valence-corrected chi connectivity index (χ4v) is 1.89. The van der Waals surface area contributed by atoms with Gasteiger partial charge in [0.15, 0.2) is 5.90 Å². The van der Waals surface area contributed by atoms with Crippen LogP contribution in [0.5, 0.6) is 0 Å². The van der Waals surface area contributed by atoms with Crippen LogP contribution in [0.1, 0.15) is 18.9 Å². The Morgan fingerprint density at radius 3 is 2.94 bits per heavy atom. The van der Waals surface area contributed by atoms with Gasteiger partial charge < -0.3 is 9.47 Å². The Hall–Kier alpha value is -1.84. The molecule has 0 N–H and O–H groups in total. The number of ether oxygens (including phenoxy) is 2. The highest BCUT2D eigenvalue weighted by molar-refractivity contribution is 5.95. The molecule has 1 atom stereocenters. The van der Waals surface area contributed by atoms with Gasteiger partial charge in [-0.1, -0.05) is 30.3 Å². The van der Waals surface area contributed by atoms with Gasteiger partial charge in [-0.2, -0.15) is 0 Å². The third-order valence-electron chi connectivity index (χ3n) is 2.68. The minimum absolute atomic E-state index is 0.108. The molecule has 0 aromatic heterocycles. The molecule has 1 heterocycles. The molecule has 0 bridgehead atoms. The number of hydrogen-bond acceptors (Lipinski definition) is 4. The van der Waals surface area contributed by atoms with E-state index in [2.05, 4.69) is 17.1 Å². The molecule has 18 heavy (non-hydrogen) atoms. The minimum Gasteiger partial charge on any atom is -0.478 e. The van der Waals surface area contributed by atoms with Crippen molar-refractivity contribution in [2.24, 2.45) is 4.99 Å². The largest absolute Gasteiger partial charge is 0.478 e. The van der Waals surface area contributed by atoms with Crippen LogP contribution in [0.4, 0.5) is 0 Å². The zero-order chi connectivity index (χ0) is 12.8. The molecule has 1 unspecified atom stereocenters. The molecular formula is C14H17NO3. The summed E-state index contributed by atoms with van der Waals surface area (Å²) in [6.07, 6.45) is 0.978. The molecule has 1 aliphatic heterocycles. The summed E-state index contributed by atoms with van der Waals surface area (Å²) in [7, 11) is 0. The lowest BCUT2D eigenvalue weighted by Crippen LogP contribution is -2.11. The molecule has 0 spiro atoms. The highest BCUT2D eigenvalue weighted by Gasteiger charge is 2.21. The average molecular weight is 247 g/mol. The topological polar surface area (TPSA) is 47.9 Å². The Morgan fingerprint density at radius 2 is 2.22 bits per heavy atom. The monoisotopic (exact) mass is 247 g/mol. The second-order valence-electron chi connectivity index (χ2n) is 4.16. The minimum atomic E-state index is -0.281. The van der Waals surface area contributed by atoms with Gasteiger partial charge in [0.1, 0.15) is 13.0 Å². The molecule has 4 nitrogen and oxygen atoms in total. The molecule has 1 aromatic carbocycles. The molecule has 1 aromatic rings. The second kappa shape index (κ2) is 6.19. The Balaban J connectivity index is 1.86. The maximum Gasteiger partial charge on any atom is 0.315 e. The number of benzene rings is 1. The summed E-state index contributed by atoms with van der Waals surface area (Å²) in [5.74, 6) is 0.214. The van der Waals surface area contributed by atoms with Gasteiger partial charge in [0.25, 0.3) is 0 Å². The van der Waals surface area contributed by atoms with Gasteiger partial charge in [-0.15, -0.1) is 0 Å². The number of esters is 1. The van der Waals surface area contributed by atoms with E-state index >= 15 is 0 Å². The van der Waals surface area contributed by atoms with Crippen LogP contribution >= 0.6 is 0 Å². The van der Waals surface area contributed by atoms with Crippen LogP contribution in [0.3, 0.4) is 0 Å². The first-order valence-electron chi connectivity index (χ1n) is 6.17. The maximum absolute atomic E-state index is 11.3. The summed E-state index contributed by atoms with van der Waals surface area (Å²) in [6.45, 7) is 2.72. The summed E-state index contributed by atoms with van der Waals surface area (Å²) in [6, 6.07) is 10.3. The maximum atomic E-state index is 11.3. The normalized spacial score (nSPS) is 18.1. The molecule has 0 saturated heterocycles. The van der Waals surface area contributed by atoms with Crippen molar-refractivity contribution in [3.63, 3.8) is 0 Å². The van der Waals surface area contributed by atoms with Crippen molar-refractivity contribution in [2.45, 2.75) is 25.8 Å². The van der Waals surface area contributed by atoms with E-state index in [0.717, 1.165) is 6.42 Å². The Morgan fingerprint density at radius 1 is 1.44 bits per heavy atom. The van der Waals surface area contributed by atoms with E-state index in [1.54, 1.807) is 6.92 Å². The predicted octanol–water partition coefficient (Wildman–Crippen LogP) is 1.98. The van der Waals surface area contributed by atoms with Crippen LogP contribution in [0.2, 0.25) is 0 Å². The number of aliphatic imine (C=N–C) groups is 1. The highest BCUT2D eigenvalue weighted by Crippen LogP contribution is 2.13. The van der Waals surface area contributed by atoms with Gasteiger partial charge in [0.05, 0.1) is 12.6 Å². The summed E-state index contributed by atoms with van der Waals surface area (Å²) < 4.78 is 10.3. The molecule has 0 amide bonds. The Labute approximate surface area is 107 Å². The molecule has 0 aliphatic carbocycles. The average Bonchev–Trinajstić information content (AvgIpc) is 2.78. The first-order valence-corrected chi connectivity index (χ1v) is 6.17. The zero-order valence-electron chi connectivity index (χ0n) is 10.5. The smallest absolute Gasteiger partial charge is 0.315 e. The van der Waals surface area contributed by atoms with E-state index < -0.39 is 0 Å². The molecule has 2 rings (SSSR count). The molecule has 0 radical (unpaired) electrons. The second-order valence-corrected chi connectivity index (χ2v) is 4.16. The van der Waals surface area contributed by atoms with Crippen molar-refractivity contribution >= 4 is 11.9 Å². The number of carbonyl (C=O) groups is 1. The Bertz CT molecular complexity index is 428. The van der Waals surface area contributed by atoms with Crippen molar-refractivity contribution in [1.29, 1.82) is 0 Å². The lowest BCUT2D eigenvalue weighted by Gasteiger charge is -2.04. The van der Waals surface area contributed by atoms with Crippen LogP contribution in [-0.2, 0) is 20.7 Å². The van der Waals surface area contributed by atoms with Crippen LogP contribution in [-0.4, -0.2) is 31.1 Å². The molecule has 0 saturated carbocycles. The number of hydrogen-bond donors (Lipinski definition) is 0. The predicted molar refractivity (Wildman–Crippen MR) is 68.6 cm³/mol. The number of carbonyl (C=O) groups excluding carboxylic acids is 1. The molecule has 0 fully saturated rings. The van der Waals surface area contributed by atoms with Crippen molar-refractivity contribution in [1.82, 2.24) is 0 Å². The lowest BCUT2D eigenvalue weighted by atomic mass is 10.1. The summed E-state index contributed by atoms with van der Waals surface area (Å²) in [5.41, 5.74) is 1.23. The van der Waals surface area contributed by atoms with Gasteiger partial charge in [0, 0.05) is 0 Å². The van der Waals surface area contributed by atoms with Crippen molar-refractivity contribution in [2.75, 3.05) is 13.2 Å². The summed E-state index contributed by atoms with van der Waals surface area (Å²) in [4.78, 5) is 15.7. The Kier molecular flexibility index (Phi) is 4.34. The molecular weight excluding hydrogens is 230 g/mol. The number of nitrogens with zero attached hydrogens (tertiary/aromatic N) is 1. The molecule has 96 valence electrons. The summed E-state index contributed by atoms with van der Waals surface area (Å²) >= 11 is 0. The molecule has 1 aliphatic rings. The quantitative estimate of drug-likeness (QED) is 0.747. The van der Waals surface area contributed by atoms with Gasteiger partial charge in [-0.05, 0) is 18.9 Å². The van der Waals surface area contributed by atoms with Crippen LogP contribution in [0, 0.1) is 0 Å². The van der Waals surface area contributed by atoms with Crippen molar-refractivity contribution < 1.29 is 14.3 Å². The van der Waals surface area contributed by atoms with E-state index in [1.165, 1.54) is 5.56 Å². The SMILES string of the molecule is CCOC(=O)CC1=NC(Cc2ccccc2)CO1. The van der Waals surface area contributed by atoms with E-state index in [0.29, 0.717) is 19.1 Å². The van der Waals surface area contributed by atoms with Crippen LogP contribution < -0.4 is 0 Å². The van der Waals surface area contributed by atoms with E-state index in [4.69, 9.17) is 9.47 Å². The van der Waals surface area contributed by atoms with Crippen LogP contribution in [0.15, 0.2) is 35.3 Å². The van der Waals surface area contributed by atoms with Gasteiger partial charge >= 0.3 is 5.97 Å². The van der Waals surface area contributed by atoms with Gasteiger partial charge in [-0.3, -0.25) is 4.79 Å². The van der Waals surface area contributed by atoms with E-state index in [-0.39, 0.29) is 18.4 Å². The third kappa shape index (κ3) is 3.58. The van der Waals surface area contributed by atoms with E-state index in [1.807, 2.05) is 18.2 Å². The fourth-order valence-electron chi connectivity index (χ4n) is 1.89. The number of rotatable bonds is 5. The van der Waals surface area contributed by atoms with E-state index in [9.17, 15) is 4.79 Å². The summed E-state index contributed by atoms with van der Waals surface area (Å²) in [5, 5.41) is 0. The first-order chi connectivity index (χ1) is 8.78. The first kappa shape index (κ1) is 12.6. The fraction of sp³-hybridized carbons (Fsp3) is 0.429. The molecule has 4 heteroatoms. The van der Waals surface area contributed by atoms with Crippen molar-refractivity contribution in [3.05, 3.63) is 35.9 Å². The van der Waals surface area contributed by atoms with Crippen LogP contribution in [0.25, 0.3) is 0 Å². The zero-order valence-corrected chi connectivity index (χ0v) is 10.5. The van der Waals surface area contributed by atoms with Gasteiger partial charge in [0.2, 0.25) is 0 Å². The third-order valence-corrected chi connectivity index (χ3v) is 2.68. The lowest BCUT2D eigenvalue weighted by molar-refractivity contribution is -0.141. The standard InChI is InChI=1S/C14H17NO3/c1-2-17-14(16)9-13-15-12(10-18-13)8-11-6-4-3-5-7-11/h3-7,12H,2,8-10H2,1H3. The highest BCUT2D eigenvalue weighted by atomic mass is 16.5. The van der Waals surface area contributed by atoms with Crippen molar-refractivity contribution in [3.8, 4) is 0 Å².